The molecule has 5 aromatic carbocycles. The maximum absolute atomic E-state index is 2.42. The quantitative estimate of drug-likeness (QED) is 0.250. The highest BCUT2D eigenvalue weighted by Gasteiger charge is 2.12. The summed E-state index contributed by atoms with van der Waals surface area (Å²) in [6.45, 7) is 0. The molecule has 30 heavy (non-hydrogen) atoms. The summed E-state index contributed by atoms with van der Waals surface area (Å²) in [4.78, 5) is 0. The van der Waals surface area contributed by atoms with Crippen LogP contribution in [0.1, 0.15) is 0 Å². The fraction of sp³-hybridized carbons (Fsp3) is 0. The number of hydrogen-bond acceptors (Lipinski definition) is 2. The summed E-state index contributed by atoms with van der Waals surface area (Å²) in [6.07, 6.45) is 0. The summed E-state index contributed by atoms with van der Waals surface area (Å²) in [7, 11) is 0. The van der Waals surface area contributed by atoms with Crippen molar-refractivity contribution in [2.45, 2.75) is 0 Å². The van der Waals surface area contributed by atoms with Crippen LogP contribution in [0.15, 0.2) is 97.1 Å². The van der Waals surface area contributed by atoms with Gasteiger partial charge in [-0.2, -0.15) is 0 Å². The highest BCUT2D eigenvalue weighted by Crippen LogP contribution is 2.43. The van der Waals surface area contributed by atoms with Gasteiger partial charge in [0.25, 0.3) is 0 Å². The molecule has 2 aromatic heterocycles. The van der Waals surface area contributed by atoms with E-state index in [1.165, 1.54) is 62.2 Å². The minimum absolute atomic E-state index is 1.27. The summed E-state index contributed by atoms with van der Waals surface area (Å²) in [5.74, 6) is 0. The zero-order valence-corrected chi connectivity index (χ0v) is 17.7. The van der Waals surface area contributed by atoms with Crippen LogP contribution in [0, 0.1) is 0 Å². The van der Waals surface area contributed by atoms with Crippen molar-refractivity contribution in [2.75, 3.05) is 0 Å². The molecule has 0 nitrogen and oxygen atoms in total. The SMILES string of the molecule is c1ccc(-c2ccc3sc4c5cc6c(cc5ccc4c3c2)sc2ccccc26)cc1. The van der Waals surface area contributed by atoms with Crippen molar-refractivity contribution < 1.29 is 0 Å². The third-order valence-electron chi connectivity index (χ3n) is 6.06. The molecular formula is C28H16S2. The first-order valence-corrected chi connectivity index (χ1v) is 11.7. The summed E-state index contributed by atoms with van der Waals surface area (Å²) in [6, 6.07) is 35.7. The maximum atomic E-state index is 2.42. The van der Waals surface area contributed by atoms with E-state index in [4.69, 9.17) is 0 Å². The Labute approximate surface area is 181 Å². The molecule has 0 aliphatic heterocycles. The molecule has 0 aliphatic carbocycles. The van der Waals surface area contributed by atoms with Gasteiger partial charge >= 0.3 is 0 Å². The molecule has 7 rings (SSSR count). The summed E-state index contributed by atoms with van der Waals surface area (Å²) >= 11 is 3.80. The van der Waals surface area contributed by atoms with Crippen LogP contribution < -0.4 is 0 Å². The lowest BCUT2D eigenvalue weighted by molar-refractivity contribution is 1.66. The summed E-state index contributed by atoms with van der Waals surface area (Å²) < 4.78 is 5.48. The molecular weight excluding hydrogens is 400 g/mol. The van der Waals surface area contributed by atoms with Crippen molar-refractivity contribution in [3.05, 3.63) is 97.1 Å². The Morgan fingerprint density at radius 2 is 1.20 bits per heavy atom. The molecule has 0 radical (unpaired) electrons. The van der Waals surface area contributed by atoms with Crippen LogP contribution in [0.2, 0.25) is 0 Å². The number of rotatable bonds is 1. The molecule has 140 valence electrons. The third-order valence-corrected chi connectivity index (χ3v) is 8.41. The van der Waals surface area contributed by atoms with Gasteiger partial charge in [0.05, 0.1) is 0 Å². The van der Waals surface area contributed by atoms with Gasteiger partial charge in [-0.15, -0.1) is 22.7 Å². The van der Waals surface area contributed by atoms with Crippen LogP contribution >= 0.6 is 22.7 Å². The van der Waals surface area contributed by atoms with E-state index >= 15 is 0 Å². The smallest absolute Gasteiger partial charge is 0.0434 e. The fourth-order valence-electron chi connectivity index (χ4n) is 4.59. The van der Waals surface area contributed by atoms with Crippen molar-refractivity contribution in [3.63, 3.8) is 0 Å². The van der Waals surface area contributed by atoms with E-state index in [0.717, 1.165) is 0 Å². The van der Waals surface area contributed by atoms with Crippen LogP contribution in [0.3, 0.4) is 0 Å². The first kappa shape index (κ1) is 16.6. The van der Waals surface area contributed by atoms with Gasteiger partial charge in [0.15, 0.2) is 0 Å². The van der Waals surface area contributed by atoms with E-state index in [1.54, 1.807) is 0 Å². The Hall–Kier alpha value is -3.20. The Morgan fingerprint density at radius 1 is 0.400 bits per heavy atom. The predicted octanol–water partition coefficient (Wildman–Crippen LogP) is 9.24. The zero-order chi connectivity index (χ0) is 19.7. The van der Waals surface area contributed by atoms with Crippen molar-refractivity contribution >= 4 is 73.8 Å². The summed E-state index contributed by atoms with van der Waals surface area (Å²) in [5, 5.41) is 8.15. The van der Waals surface area contributed by atoms with Gasteiger partial charge in [0, 0.05) is 45.7 Å². The van der Waals surface area contributed by atoms with E-state index < -0.39 is 0 Å². The first-order chi connectivity index (χ1) is 14.8. The molecule has 0 amide bonds. The second-order valence-electron chi connectivity index (χ2n) is 7.79. The lowest BCUT2D eigenvalue weighted by Gasteiger charge is -2.03. The average molecular weight is 417 g/mol. The monoisotopic (exact) mass is 416 g/mol. The minimum Gasteiger partial charge on any atom is -0.135 e. The van der Waals surface area contributed by atoms with Gasteiger partial charge in [0.2, 0.25) is 0 Å². The van der Waals surface area contributed by atoms with Crippen LogP contribution in [-0.4, -0.2) is 0 Å². The largest absolute Gasteiger partial charge is 0.135 e. The predicted molar refractivity (Wildman–Crippen MR) is 135 cm³/mol. The molecule has 0 spiro atoms. The van der Waals surface area contributed by atoms with Crippen LogP contribution in [0.5, 0.6) is 0 Å². The zero-order valence-electron chi connectivity index (χ0n) is 16.1. The summed E-state index contributed by atoms with van der Waals surface area (Å²) in [5.41, 5.74) is 2.55. The van der Waals surface area contributed by atoms with Crippen molar-refractivity contribution in [2.24, 2.45) is 0 Å². The molecule has 0 bridgehead atoms. The Bertz CT molecular complexity index is 1730. The molecule has 2 heteroatoms. The van der Waals surface area contributed by atoms with Gasteiger partial charge in [-0.25, -0.2) is 0 Å². The molecule has 0 aliphatic rings. The molecule has 0 saturated heterocycles. The highest BCUT2D eigenvalue weighted by atomic mass is 32.1. The van der Waals surface area contributed by atoms with Gasteiger partial charge in [-0.3, -0.25) is 0 Å². The minimum atomic E-state index is 1.27. The van der Waals surface area contributed by atoms with E-state index in [9.17, 15) is 0 Å². The molecule has 0 fully saturated rings. The molecule has 0 atom stereocenters. The van der Waals surface area contributed by atoms with E-state index in [-0.39, 0.29) is 0 Å². The molecule has 0 N–H and O–H groups in total. The number of benzene rings is 5. The molecule has 2 heterocycles. The van der Waals surface area contributed by atoms with E-state index in [0.29, 0.717) is 0 Å². The highest BCUT2D eigenvalue weighted by molar-refractivity contribution is 7.27. The second kappa shape index (κ2) is 6.15. The van der Waals surface area contributed by atoms with Gasteiger partial charge in [-0.1, -0.05) is 66.7 Å². The average Bonchev–Trinajstić information content (AvgIpc) is 3.35. The standard InChI is InChI=1S/C28H16S2/c1-2-6-17(7-3-1)18-11-13-26-23(14-18)21-12-10-19-15-27-24(16-22(19)28(21)30-26)20-8-4-5-9-25(20)29-27/h1-16H. The number of thiophene rings is 2. The van der Waals surface area contributed by atoms with Crippen molar-refractivity contribution in [3.8, 4) is 11.1 Å². The number of hydrogen-bond donors (Lipinski definition) is 0. The van der Waals surface area contributed by atoms with Crippen LogP contribution in [0.4, 0.5) is 0 Å². The maximum Gasteiger partial charge on any atom is 0.0434 e. The molecule has 7 aromatic rings. The molecule has 0 unspecified atom stereocenters. The second-order valence-corrected chi connectivity index (χ2v) is 9.92. The van der Waals surface area contributed by atoms with Gasteiger partial charge in [0.1, 0.15) is 0 Å². The number of fused-ring (bicyclic) bond motifs is 8. The van der Waals surface area contributed by atoms with Gasteiger partial charge < -0.3 is 0 Å². The Kier molecular flexibility index (Phi) is 3.40. The van der Waals surface area contributed by atoms with Crippen LogP contribution in [0.25, 0.3) is 62.2 Å². The Balaban J connectivity index is 1.56. The first-order valence-electron chi connectivity index (χ1n) is 10.1. The third kappa shape index (κ3) is 2.32. The van der Waals surface area contributed by atoms with Gasteiger partial charge in [-0.05, 0) is 46.8 Å². The lowest BCUT2D eigenvalue weighted by atomic mass is 10.0. The van der Waals surface area contributed by atoms with Crippen molar-refractivity contribution in [1.82, 2.24) is 0 Å². The van der Waals surface area contributed by atoms with E-state index in [1.807, 2.05) is 22.7 Å². The van der Waals surface area contributed by atoms with E-state index in [2.05, 4.69) is 97.1 Å². The van der Waals surface area contributed by atoms with Crippen LogP contribution in [-0.2, 0) is 0 Å². The topological polar surface area (TPSA) is 0 Å². The lowest BCUT2D eigenvalue weighted by Crippen LogP contribution is -1.77. The van der Waals surface area contributed by atoms with Crippen molar-refractivity contribution in [1.29, 1.82) is 0 Å². The normalized spacial score (nSPS) is 12.0. The molecule has 0 saturated carbocycles. The Morgan fingerprint density at radius 3 is 2.13 bits per heavy atom. The fourth-order valence-corrected chi connectivity index (χ4v) is 6.93.